The average molecular weight is 451 g/mol. The average Bonchev–Trinajstić information content (AvgIpc) is 3.28. The van der Waals surface area contributed by atoms with Gasteiger partial charge in [-0.25, -0.2) is 0 Å². The monoisotopic (exact) mass is 450 g/mol. The number of benzene rings is 2. The number of hydrogen-bond donors (Lipinski definition) is 4. The minimum Gasteiger partial charge on any atom is -0.488 e. The molecule has 0 spiro atoms. The first-order valence-corrected chi connectivity index (χ1v) is 10.8. The molecule has 8 heteroatoms. The summed E-state index contributed by atoms with van der Waals surface area (Å²) >= 11 is 6.49. The number of hydrogen-bond acceptors (Lipinski definition) is 7. The molecule has 2 aromatic rings. The van der Waals surface area contributed by atoms with E-state index in [-0.39, 0.29) is 6.10 Å². The Kier molecular flexibility index (Phi) is 7.13. The molecular weight excluding hydrogens is 424 g/mol. The van der Waals surface area contributed by atoms with Gasteiger partial charge in [0.2, 0.25) is 0 Å². The number of ether oxygens (including phenoxy) is 3. The van der Waals surface area contributed by atoms with Crippen LogP contribution < -0.4 is 4.74 Å². The maximum atomic E-state index is 10.3. The van der Waals surface area contributed by atoms with Crippen LogP contribution in [-0.4, -0.2) is 70.8 Å². The molecule has 4 N–H and O–H groups in total. The second-order valence-corrected chi connectivity index (χ2v) is 8.43. The molecule has 2 aliphatic rings. The highest BCUT2D eigenvalue weighted by Crippen LogP contribution is 2.34. The predicted molar refractivity (Wildman–Crippen MR) is 113 cm³/mol. The standard InChI is InChI=1S/C23H27ClO7/c24-18-10-15(23-22(28)21(27)20(26)19(11-25)31-23)4-3-14(18)9-13-1-5-16(6-2-13)30-17-7-8-29-12-17/h1-6,10,17,19-23,25-28H,7-9,11-12H2. The van der Waals surface area contributed by atoms with Crippen LogP contribution in [0.1, 0.15) is 29.2 Å². The van der Waals surface area contributed by atoms with Gasteiger partial charge in [0, 0.05) is 11.4 Å². The van der Waals surface area contributed by atoms with Crippen LogP contribution in [0.5, 0.6) is 5.75 Å². The minimum atomic E-state index is -1.43. The molecule has 0 amide bonds. The molecule has 2 aliphatic heterocycles. The molecule has 7 nitrogen and oxygen atoms in total. The molecule has 0 radical (unpaired) electrons. The molecule has 6 atom stereocenters. The second-order valence-electron chi connectivity index (χ2n) is 8.02. The van der Waals surface area contributed by atoms with Crippen molar-refractivity contribution < 1.29 is 34.6 Å². The summed E-state index contributed by atoms with van der Waals surface area (Å²) in [6, 6.07) is 13.2. The van der Waals surface area contributed by atoms with E-state index >= 15 is 0 Å². The van der Waals surface area contributed by atoms with Crippen molar-refractivity contribution in [1.82, 2.24) is 0 Å². The maximum Gasteiger partial charge on any atom is 0.124 e. The van der Waals surface area contributed by atoms with Gasteiger partial charge in [-0.3, -0.25) is 0 Å². The van der Waals surface area contributed by atoms with E-state index < -0.39 is 37.1 Å². The van der Waals surface area contributed by atoms with Gasteiger partial charge in [-0.1, -0.05) is 35.9 Å². The van der Waals surface area contributed by atoms with Crippen molar-refractivity contribution in [2.24, 2.45) is 0 Å². The summed E-state index contributed by atoms with van der Waals surface area (Å²) in [6.45, 7) is 0.888. The van der Waals surface area contributed by atoms with E-state index in [2.05, 4.69) is 0 Å². The molecule has 6 unspecified atom stereocenters. The zero-order chi connectivity index (χ0) is 22.0. The normalized spacial score (nSPS) is 31.0. The number of aliphatic hydroxyl groups excluding tert-OH is 4. The van der Waals surface area contributed by atoms with Gasteiger partial charge in [-0.05, 0) is 41.3 Å². The molecule has 4 rings (SSSR count). The van der Waals surface area contributed by atoms with Gasteiger partial charge >= 0.3 is 0 Å². The highest BCUT2D eigenvalue weighted by atomic mass is 35.5. The number of rotatable bonds is 6. The summed E-state index contributed by atoms with van der Waals surface area (Å²) in [6.07, 6.45) is -4.40. The van der Waals surface area contributed by atoms with Crippen molar-refractivity contribution in [3.63, 3.8) is 0 Å². The number of aliphatic hydroxyl groups is 4. The van der Waals surface area contributed by atoms with E-state index in [1.54, 1.807) is 12.1 Å². The molecule has 0 bridgehead atoms. The summed E-state index contributed by atoms with van der Waals surface area (Å²) in [4.78, 5) is 0. The van der Waals surface area contributed by atoms with Gasteiger partial charge in [-0.15, -0.1) is 0 Å². The summed E-state index contributed by atoms with van der Waals surface area (Å²) in [5, 5.41) is 40.2. The highest BCUT2D eigenvalue weighted by molar-refractivity contribution is 6.31. The first-order chi connectivity index (χ1) is 15.0. The zero-order valence-electron chi connectivity index (χ0n) is 16.9. The maximum absolute atomic E-state index is 10.3. The van der Waals surface area contributed by atoms with Gasteiger partial charge < -0.3 is 34.6 Å². The fraction of sp³-hybridized carbons (Fsp3) is 0.478. The molecule has 31 heavy (non-hydrogen) atoms. The van der Waals surface area contributed by atoms with Crippen molar-refractivity contribution >= 4 is 11.6 Å². The third-order valence-electron chi connectivity index (χ3n) is 5.81. The molecule has 2 aromatic carbocycles. The Morgan fingerprint density at radius 3 is 2.42 bits per heavy atom. The van der Waals surface area contributed by atoms with Crippen LogP contribution in [0.15, 0.2) is 42.5 Å². The van der Waals surface area contributed by atoms with Gasteiger partial charge in [0.25, 0.3) is 0 Å². The minimum absolute atomic E-state index is 0.107. The van der Waals surface area contributed by atoms with Crippen LogP contribution in [0.3, 0.4) is 0 Å². The van der Waals surface area contributed by atoms with Crippen LogP contribution in [0, 0.1) is 0 Å². The van der Waals surface area contributed by atoms with E-state index in [0.717, 1.165) is 29.9 Å². The van der Waals surface area contributed by atoms with Crippen LogP contribution >= 0.6 is 11.6 Å². The van der Waals surface area contributed by atoms with Crippen LogP contribution in [-0.2, 0) is 15.9 Å². The first-order valence-electron chi connectivity index (χ1n) is 10.4. The molecular formula is C23H27ClO7. The molecule has 2 heterocycles. The quantitative estimate of drug-likeness (QED) is 0.529. The molecule has 0 saturated carbocycles. The van der Waals surface area contributed by atoms with Crippen LogP contribution in [0.2, 0.25) is 5.02 Å². The fourth-order valence-corrected chi connectivity index (χ4v) is 4.22. The molecule has 0 aliphatic carbocycles. The third kappa shape index (κ3) is 5.04. The Balaban J connectivity index is 1.44. The van der Waals surface area contributed by atoms with E-state index in [0.29, 0.717) is 23.6 Å². The van der Waals surface area contributed by atoms with Crippen molar-refractivity contribution in [2.45, 2.75) is 49.5 Å². The van der Waals surface area contributed by atoms with Crippen molar-refractivity contribution in [3.05, 3.63) is 64.2 Å². The van der Waals surface area contributed by atoms with Crippen molar-refractivity contribution in [2.75, 3.05) is 19.8 Å². The Bertz CT molecular complexity index is 867. The lowest BCUT2D eigenvalue weighted by Crippen LogP contribution is -2.55. The Morgan fingerprint density at radius 1 is 1.00 bits per heavy atom. The molecule has 2 fully saturated rings. The van der Waals surface area contributed by atoms with Crippen molar-refractivity contribution in [3.8, 4) is 5.75 Å². The van der Waals surface area contributed by atoms with E-state index in [1.807, 2.05) is 30.3 Å². The Labute approximate surface area is 185 Å². The summed E-state index contributed by atoms with van der Waals surface area (Å²) in [5.74, 6) is 0.809. The lowest BCUT2D eigenvalue weighted by molar-refractivity contribution is -0.231. The summed E-state index contributed by atoms with van der Waals surface area (Å²) < 4.78 is 16.8. The predicted octanol–water partition coefficient (Wildman–Crippen LogP) is 1.61. The lowest BCUT2D eigenvalue weighted by Gasteiger charge is -2.40. The van der Waals surface area contributed by atoms with Crippen molar-refractivity contribution in [1.29, 1.82) is 0 Å². The summed E-state index contributed by atoms with van der Waals surface area (Å²) in [5.41, 5.74) is 2.53. The zero-order valence-corrected chi connectivity index (χ0v) is 17.7. The van der Waals surface area contributed by atoms with Gasteiger partial charge in [-0.2, -0.15) is 0 Å². The molecule has 168 valence electrons. The van der Waals surface area contributed by atoms with Gasteiger partial charge in [0.05, 0.1) is 19.8 Å². The summed E-state index contributed by atoms with van der Waals surface area (Å²) in [7, 11) is 0. The Hall–Kier alpha value is -1.71. The topological polar surface area (TPSA) is 109 Å². The number of halogens is 1. The van der Waals surface area contributed by atoms with E-state index in [9.17, 15) is 20.4 Å². The Morgan fingerprint density at radius 2 is 1.77 bits per heavy atom. The first kappa shape index (κ1) is 22.5. The fourth-order valence-electron chi connectivity index (χ4n) is 3.97. The molecule has 2 saturated heterocycles. The third-order valence-corrected chi connectivity index (χ3v) is 6.16. The smallest absolute Gasteiger partial charge is 0.124 e. The van der Waals surface area contributed by atoms with Crippen LogP contribution in [0.4, 0.5) is 0 Å². The van der Waals surface area contributed by atoms with E-state index in [4.69, 9.17) is 25.8 Å². The second kappa shape index (κ2) is 9.83. The van der Waals surface area contributed by atoms with E-state index in [1.165, 1.54) is 0 Å². The van der Waals surface area contributed by atoms with Gasteiger partial charge in [0.15, 0.2) is 0 Å². The van der Waals surface area contributed by atoms with Crippen LogP contribution in [0.25, 0.3) is 0 Å². The molecule has 0 aromatic heterocycles. The largest absolute Gasteiger partial charge is 0.488 e. The van der Waals surface area contributed by atoms with Gasteiger partial charge in [0.1, 0.15) is 42.4 Å². The SMILES string of the molecule is OCC1OC(c2ccc(Cc3ccc(OC4CCOC4)cc3)c(Cl)c2)C(O)C(O)C1O. The highest BCUT2D eigenvalue weighted by Gasteiger charge is 2.44. The lowest BCUT2D eigenvalue weighted by atomic mass is 9.90.